The van der Waals surface area contributed by atoms with Gasteiger partial charge in [0.05, 0.1) is 6.61 Å². The van der Waals surface area contributed by atoms with Crippen LogP contribution in [0.4, 0.5) is 0 Å². The Morgan fingerprint density at radius 1 is 1.19 bits per heavy atom. The van der Waals surface area contributed by atoms with Crippen LogP contribution in [-0.4, -0.2) is 19.5 Å². The molecule has 3 rings (SSSR count). The second-order valence-corrected chi connectivity index (χ2v) is 5.47. The third-order valence-corrected chi connectivity index (χ3v) is 4.94. The van der Waals surface area contributed by atoms with Crippen LogP contribution in [0.5, 0.6) is 0 Å². The summed E-state index contributed by atoms with van der Waals surface area (Å²) in [6.07, 6.45) is 12.5. The summed E-state index contributed by atoms with van der Waals surface area (Å²) in [5, 5.41) is 0. The minimum Gasteiger partial charge on any atom is -0.352 e. The second kappa shape index (κ2) is 3.85. The highest BCUT2D eigenvalue weighted by atomic mass is 16.7. The van der Waals surface area contributed by atoms with Crippen LogP contribution in [0.25, 0.3) is 0 Å². The average Bonchev–Trinajstić information content (AvgIpc) is 2.85. The highest BCUT2D eigenvalue weighted by Gasteiger charge is 2.61. The standard InChI is InChI=1S/C14H22O2/c1-15-14-9-5-8-13(14,10-11-16-14)12-6-3-2-4-7-12/h6H,2-5,7-11H2,1H3. The van der Waals surface area contributed by atoms with Gasteiger partial charge in [0.1, 0.15) is 0 Å². The maximum atomic E-state index is 6.01. The van der Waals surface area contributed by atoms with Gasteiger partial charge in [0.2, 0.25) is 0 Å². The lowest BCUT2D eigenvalue weighted by Gasteiger charge is -2.41. The van der Waals surface area contributed by atoms with Gasteiger partial charge in [-0.25, -0.2) is 0 Å². The molecule has 2 fully saturated rings. The highest BCUT2D eigenvalue weighted by molar-refractivity contribution is 5.25. The number of rotatable bonds is 2. The first-order valence-corrected chi connectivity index (χ1v) is 6.72. The molecule has 0 aromatic heterocycles. The van der Waals surface area contributed by atoms with Crippen molar-refractivity contribution >= 4 is 0 Å². The Morgan fingerprint density at radius 3 is 2.88 bits per heavy atom. The fourth-order valence-corrected chi connectivity index (χ4v) is 4.16. The SMILES string of the molecule is COC12CCCC1(C1=CCCCC1)CCO2. The van der Waals surface area contributed by atoms with E-state index in [9.17, 15) is 0 Å². The van der Waals surface area contributed by atoms with Gasteiger partial charge in [-0.1, -0.05) is 11.6 Å². The monoisotopic (exact) mass is 222 g/mol. The van der Waals surface area contributed by atoms with E-state index in [1.165, 1.54) is 44.9 Å². The van der Waals surface area contributed by atoms with Gasteiger partial charge in [-0.3, -0.25) is 0 Å². The Morgan fingerprint density at radius 2 is 2.12 bits per heavy atom. The molecule has 0 amide bonds. The van der Waals surface area contributed by atoms with Crippen molar-refractivity contribution in [2.75, 3.05) is 13.7 Å². The zero-order valence-electron chi connectivity index (χ0n) is 10.3. The highest BCUT2D eigenvalue weighted by Crippen LogP contribution is 2.60. The lowest BCUT2D eigenvalue weighted by Crippen LogP contribution is -2.43. The summed E-state index contributed by atoms with van der Waals surface area (Å²) in [7, 11) is 1.83. The summed E-state index contributed by atoms with van der Waals surface area (Å²) in [5.41, 5.74) is 1.89. The molecule has 1 saturated carbocycles. The molecule has 0 aromatic rings. The van der Waals surface area contributed by atoms with Crippen LogP contribution in [0.2, 0.25) is 0 Å². The maximum Gasteiger partial charge on any atom is 0.177 e. The molecule has 2 heteroatoms. The number of ether oxygens (including phenoxy) is 2. The average molecular weight is 222 g/mol. The van der Waals surface area contributed by atoms with E-state index in [2.05, 4.69) is 6.08 Å². The van der Waals surface area contributed by atoms with Crippen molar-refractivity contribution in [2.45, 2.75) is 57.2 Å². The molecule has 3 aliphatic rings. The van der Waals surface area contributed by atoms with E-state index >= 15 is 0 Å². The molecule has 2 unspecified atom stereocenters. The van der Waals surface area contributed by atoms with Crippen molar-refractivity contribution in [3.05, 3.63) is 11.6 Å². The van der Waals surface area contributed by atoms with Crippen molar-refractivity contribution in [3.8, 4) is 0 Å². The molecule has 2 atom stereocenters. The summed E-state index contributed by atoms with van der Waals surface area (Å²) < 4.78 is 11.8. The maximum absolute atomic E-state index is 6.01. The quantitative estimate of drug-likeness (QED) is 0.666. The van der Waals surface area contributed by atoms with Crippen LogP contribution >= 0.6 is 0 Å². The van der Waals surface area contributed by atoms with Crippen LogP contribution in [0.15, 0.2) is 11.6 Å². The lowest BCUT2D eigenvalue weighted by atomic mass is 9.70. The predicted octanol–water partition coefficient (Wildman–Crippen LogP) is 3.42. The van der Waals surface area contributed by atoms with Crippen LogP contribution in [0.1, 0.15) is 51.4 Å². The van der Waals surface area contributed by atoms with Crippen molar-refractivity contribution in [2.24, 2.45) is 5.41 Å². The Hall–Kier alpha value is -0.340. The molecule has 0 radical (unpaired) electrons. The third-order valence-electron chi connectivity index (χ3n) is 4.94. The van der Waals surface area contributed by atoms with E-state index in [1.807, 2.05) is 7.11 Å². The topological polar surface area (TPSA) is 18.5 Å². The first-order chi connectivity index (χ1) is 7.83. The normalized spacial score (nSPS) is 43.2. The fraction of sp³-hybridized carbons (Fsp3) is 0.857. The van der Waals surface area contributed by atoms with Gasteiger partial charge in [0.25, 0.3) is 0 Å². The molecule has 1 heterocycles. The van der Waals surface area contributed by atoms with Crippen LogP contribution in [-0.2, 0) is 9.47 Å². The summed E-state index contributed by atoms with van der Waals surface area (Å²) >= 11 is 0. The van der Waals surface area contributed by atoms with Crippen LogP contribution in [0.3, 0.4) is 0 Å². The minimum atomic E-state index is -0.268. The molecule has 0 bridgehead atoms. The molecular weight excluding hydrogens is 200 g/mol. The van der Waals surface area contributed by atoms with Crippen LogP contribution in [0, 0.1) is 5.41 Å². The van der Waals surface area contributed by atoms with Gasteiger partial charge in [0, 0.05) is 18.9 Å². The van der Waals surface area contributed by atoms with E-state index in [0.717, 1.165) is 13.0 Å². The molecule has 0 aromatic carbocycles. The van der Waals surface area contributed by atoms with Crippen molar-refractivity contribution in [3.63, 3.8) is 0 Å². The van der Waals surface area contributed by atoms with Gasteiger partial charge >= 0.3 is 0 Å². The first-order valence-electron chi connectivity index (χ1n) is 6.72. The molecular formula is C14H22O2. The summed E-state index contributed by atoms with van der Waals surface area (Å²) in [6, 6.07) is 0. The molecule has 90 valence electrons. The number of hydrogen-bond donors (Lipinski definition) is 0. The van der Waals surface area contributed by atoms with E-state index in [1.54, 1.807) is 5.57 Å². The molecule has 0 spiro atoms. The van der Waals surface area contributed by atoms with Crippen molar-refractivity contribution < 1.29 is 9.47 Å². The number of hydrogen-bond acceptors (Lipinski definition) is 2. The van der Waals surface area contributed by atoms with E-state index < -0.39 is 0 Å². The molecule has 1 saturated heterocycles. The molecule has 0 N–H and O–H groups in total. The van der Waals surface area contributed by atoms with Gasteiger partial charge < -0.3 is 9.47 Å². The van der Waals surface area contributed by atoms with E-state index in [-0.39, 0.29) is 11.2 Å². The largest absolute Gasteiger partial charge is 0.352 e. The van der Waals surface area contributed by atoms with Gasteiger partial charge in [-0.2, -0.15) is 0 Å². The molecule has 16 heavy (non-hydrogen) atoms. The first kappa shape index (κ1) is 10.8. The van der Waals surface area contributed by atoms with Gasteiger partial charge in [-0.05, 0) is 44.9 Å². The van der Waals surface area contributed by atoms with E-state index in [4.69, 9.17) is 9.47 Å². The summed E-state index contributed by atoms with van der Waals surface area (Å²) in [6.45, 7) is 0.880. The predicted molar refractivity (Wildman–Crippen MR) is 63.1 cm³/mol. The Kier molecular flexibility index (Phi) is 2.60. The Bertz CT molecular complexity index is 296. The van der Waals surface area contributed by atoms with Gasteiger partial charge in [-0.15, -0.1) is 0 Å². The fourth-order valence-electron chi connectivity index (χ4n) is 4.16. The zero-order valence-corrected chi connectivity index (χ0v) is 10.3. The Labute approximate surface area is 98.0 Å². The number of fused-ring (bicyclic) bond motifs is 1. The zero-order chi connectivity index (χ0) is 11.1. The minimum absolute atomic E-state index is 0.238. The third kappa shape index (κ3) is 1.26. The van der Waals surface area contributed by atoms with Gasteiger partial charge in [0.15, 0.2) is 5.79 Å². The smallest absolute Gasteiger partial charge is 0.177 e. The van der Waals surface area contributed by atoms with Crippen molar-refractivity contribution in [1.82, 2.24) is 0 Å². The summed E-state index contributed by atoms with van der Waals surface area (Å²) in [4.78, 5) is 0. The van der Waals surface area contributed by atoms with E-state index in [0.29, 0.717) is 0 Å². The molecule has 2 nitrogen and oxygen atoms in total. The second-order valence-electron chi connectivity index (χ2n) is 5.47. The Balaban J connectivity index is 1.98. The number of allylic oxidation sites excluding steroid dienone is 1. The summed E-state index contributed by atoms with van der Waals surface area (Å²) in [5.74, 6) is -0.268. The lowest BCUT2D eigenvalue weighted by molar-refractivity contribution is -0.224. The molecule has 1 aliphatic heterocycles. The molecule has 2 aliphatic carbocycles. The van der Waals surface area contributed by atoms with Crippen LogP contribution < -0.4 is 0 Å². The van der Waals surface area contributed by atoms with Crippen molar-refractivity contribution in [1.29, 1.82) is 0 Å². The number of methoxy groups -OCH3 is 1.